The standard InChI is InChI=1S/C19H23N3O6/c1-2-5-20-19(27)11-6-10(15-12(7-11)8-21-22-15)3-4-13-16(24)18(26)17(25)14(9-23)28-13/h6-8,13-14,16-18,23-26H,2,5,9H2,1H3,(H,20,27)(H,21,22)/t13?,14?,16?,17-,18?/m1/s1. The largest absolute Gasteiger partial charge is 0.394 e. The number of nitrogens with one attached hydrogen (secondary N) is 2. The third kappa shape index (κ3) is 4.01. The number of hydrogen-bond donors (Lipinski definition) is 6. The molecule has 9 heteroatoms. The highest BCUT2D eigenvalue weighted by Gasteiger charge is 2.42. The number of aliphatic hydroxyl groups is 4. The van der Waals surface area contributed by atoms with Crippen LogP contribution < -0.4 is 5.32 Å². The lowest BCUT2D eigenvalue weighted by Gasteiger charge is -2.37. The molecule has 0 aliphatic carbocycles. The number of ether oxygens (including phenoxy) is 1. The highest BCUT2D eigenvalue weighted by atomic mass is 16.5. The molecule has 1 aromatic carbocycles. The molecule has 2 heterocycles. The van der Waals surface area contributed by atoms with Crippen molar-refractivity contribution in [3.8, 4) is 11.8 Å². The van der Waals surface area contributed by atoms with Crippen LogP contribution in [-0.2, 0) is 4.74 Å². The van der Waals surface area contributed by atoms with Crippen molar-refractivity contribution in [3.63, 3.8) is 0 Å². The quantitative estimate of drug-likeness (QED) is 0.364. The van der Waals surface area contributed by atoms with Crippen LogP contribution in [-0.4, -0.2) is 80.2 Å². The molecule has 1 aromatic heterocycles. The molecule has 1 aliphatic heterocycles. The molecule has 1 aliphatic rings. The van der Waals surface area contributed by atoms with Crippen LogP contribution in [0.15, 0.2) is 18.3 Å². The van der Waals surface area contributed by atoms with E-state index in [1.807, 2.05) is 6.92 Å². The van der Waals surface area contributed by atoms with Crippen LogP contribution in [0.4, 0.5) is 0 Å². The minimum atomic E-state index is -1.50. The average Bonchev–Trinajstić information content (AvgIpc) is 3.18. The minimum Gasteiger partial charge on any atom is -0.394 e. The van der Waals surface area contributed by atoms with Crippen LogP contribution in [0.1, 0.15) is 29.3 Å². The Morgan fingerprint density at radius 1 is 1.29 bits per heavy atom. The maximum atomic E-state index is 12.3. The van der Waals surface area contributed by atoms with Gasteiger partial charge in [-0.1, -0.05) is 18.8 Å². The Hall–Kier alpha value is -2.48. The van der Waals surface area contributed by atoms with Crippen LogP contribution in [0.2, 0.25) is 0 Å². The van der Waals surface area contributed by atoms with Crippen molar-refractivity contribution in [1.82, 2.24) is 15.5 Å². The maximum absolute atomic E-state index is 12.3. The van der Waals surface area contributed by atoms with E-state index in [4.69, 9.17) is 4.74 Å². The molecule has 1 fully saturated rings. The van der Waals surface area contributed by atoms with E-state index in [0.717, 1.165) is 6.42 Å². The van der Waals surface area contributed by atoms with Gasteiger partial charge in [-0.3, -0.25) is 9.89 Å². The van der Waals surface area contributed by atoms with Gasteiger partial charge in [-0.15, -0.1) is 0 Å². The summed E-state index contributed by atoms with van der Waals surface area (Å²) in [7, 11) is 0. The van der Waals surface area contributed by atoms with Crippen molar-refractivity contribution in [2.24, 2.45) is 0 Å². The molecule has 150 valence electrons. The molecular formula is C19H23N3O6. The van der Waals surface area contributed by atoms with Crippen molar-refractivity contribution in [2.45, 2.75) is 43.9 Å². The third-order valence-electron chi connectivity index (χ3n) is 4.59. The zero-order valence-electron chi connectivity index (χ0n) is 15.3. The highest BCUT2D eigenvalue weighted by Crippen LogP contribution is 2.22. The Bertz CT molecular complexity index is 900. The number of fused-ring (bicyclic) bond motifs is 1. The lowest BCUT2D eigenvalue weighted by molar-refractivity contribution is -0.214. The Morgan fingerprint density at radius 3 is 2.79 bits per heavy atom. The summed E-state index contributed by atoms with van der Waals surface area (Å²) in [5.41, 5.74) is 1.50. The first kappa shape index (κ1) is 20.3. The van der Waals surface area contributed by atoms with Crippen molar-refractivity contribution >= 4 is 16.8 Å². The average molecular weight is 389 g/mol. The number of nitrogens with zero attached hydrogens (tertiary/aromatic N) is 1. The molecule has 28 heavy (non-hydrogen) atoms. The van der Waals surface area contributed by atoms with E-state index in [1.54, 1.807) is 18.3 Å². The van der Waals surface area contributed by atoms with Gasteiger partial charge in [0, 0.05) is 17.5 Å². The summed E-state index contributed by atoms with van der Waals surface area (Å²) in [6.07, 6.45) is -4.15. The summed E-state index contributed by atoms with van der Waals surface area (Å²) in [6, 6.07) is 3.30. The second kappa shape index (κ2) is 8.68. The van der Waals surface area contributed by atoms with Crippen LogP contribution in [0, 0.1) is 11.8 Å². The number of aliphatic hydroxyl groups excluding tert-OH is 4. The monoisotopic (exact) mass is 389 g/mol. The fraction of sp³-hybridized carbons (Fsp3) is 0.474. The van der Waals surface area contributed by atoms with Crippen LogP contribution >= 0.6 is 0 Å². The summed E-state index contributed by atoms with van der Waals surface area (Å²) in [5.74, 6) is 5.32. The molecule has 1 saturated heterocycles. The number of carbonyl (C=O) groups excluding carboxylic acids is 1. The van der Waals surface area contributed by atoms with Gasteiger partial charge in [-0.05, 0) is 18.6 Å². The second-order valence-electron chi connectivity index (χ2n) is 6.63. The summed E-state index contributed by atoms with van der Waals surface area (Å²) in [4.78, 5) is 12.3. The smallest absolute Gasteiger partial charge is 0.251 e. The van der Waals surface area contributed by atoms with Gasteiger partial charge in [0.05, 0.1) is 23.9 Å². The van der Waals surface area contributed by atoms with Gasteiger partial charge in [0.15, 0.2) is 0 Å². The summed E-state index contributed by atoms with van der Waals surface area (Å²) in [5, 5.41) is 49.4. The molecule has 0 radical (unpaired) electrons. The minimum absolute atomic E-state index is 0.235. The van der Waals surface area contributed by atoms with E-state index in [1.165, 1.54) is 0 Å². The lowest BCUT2D eigenvalue weighted by atomic mass is 9.95. The molecule has 9 nitrogen and oxygen atoms in total. The van der Waals surface area contributed by atoms with Gasteiger partial charge in [0.2, 0.25) is 0 Å². The fourth-order valence-corrected chi connectivity index (χ4v) is 3.00. The van der Waals surface area contributed by atoms with E-state index < -0.39 is 37.1 Å². The summed E-state index contributed by atoms with van der Waals surface area (Å²) < 4.78 is 5.39. The number of aromatic nitrogens is 2. The first-order valence-electron chi connectivity index (χ1n) is 9.03. The molecule has 4 unspecified atom stereocenters. The zero-order chi connectivity index (χ0) is 20.3. The van der Waals surface area contributed by atoms with Crippen LogP contribution in [0.5, 0.6) is 0 Å². The van der Waals surface area contributed by atoms with Gasteiger partial charge < -0.3 is 30.5 Å². The normalized spacial score (nSPS) is 27.2. The summed E-state index contributed by atoms with van der Waals surface area (Å²) in [6.45, 7) is 1.98. The van der Waals surface area contributed by atoms with Crippen LogP contribution in [0.25, 0.3) is 10.9 Å². The zero-order valence-corrected chi connectivity index (χ0v) is 15.3. The predicted molar refractivity (Wildman–Crippen MR) is 99.4 cm³/mol. The predicted octanol–water partition coefficient (Wildman–Crippen LogP) is -1.10. The van der Waals surface area contributed by atoms with E-state index in [-0.39, 0.29) is 5.91 Å². The Balaban J connectivity index is 1.92. The molecule has 5 atom stereocenters. The number of hydrogen-bond acceptors (Lipinski definition) is 7. The first-order chi connectivity index (χ1) is 13.5. The topological polar surface area (TPSA) is 148 Å². The van der Waals surface area contributed by atoms with Gasteiger partial charge >= 0.3 is 0 Å². The van der Waals surface area contributed by atoms with Gasteiger partial charge in [-0.2, -0.15) is 5.10 Å². The molecule has 0 spiro atoms. The van der Waals surface area contributed by atoms with E-state index in [2.05, 4.69) is 27.4 Å². The second-order valence-corrected chi connectivity index (χ2v) is 6.63. The van der Waals surface area contributed by atoms with Crippen LogP contribution in [0.3, 0.4) is 0 Å². The lowest BCUT2D eigenvalue weighted by Crippen LogP contribution is -2.58. The highest BCUT2D eigenvalue weighted by molar-refractivity contribution is 5.99. The van der Waals surface area contributed by atoms with Gasteiger partial charge in [-0.25, -0.2) is 0 Å². The number of H-pyrrole nitrogens is 1. The van der Waals surface area contributed by atoms with Crippen molar-refractivity contribution < 1.29 is 30.0 Å². The molecule has 3 rings (SSSR count). The van der Waals surface area contributed by atoms with E-state index in [0.29, 0.717) is 28.6 Å². The molecule has 0 saturated carbocycles. The third-order valence-corrected chi connectivity index (χ3v) is 4.59. The fourth-order valence-electron chi connectivity index (χ4n) is 3.00. The molecular weight excluding hydrogens is 366 g/mol. The Labute approximate surface area is 161 Å². The molecule has 0 bridgehead atoms. The Kier molecular flexibility index (Phi) is 6.28. The molecule has 1 amide bonds. The van der Waals surface area contributed by atoms with Gasteiger partial charge in [0.1, 0.15) is 30.5 Å². The maximum Gasteiger partial charge on any atom is 0.251 e. The SMILES string of the molecule is CCCNC(=O)c1cc(C#CC2OC(CO)[C@@H](O)C(O)C2O)c2[nH]ncc2c1. The number of aromatic amines is 1. The summed E-state index contributed by atoms with van der Waals surface area (Å²) >= 11 is 0. The number of carbonyl (C=O) groups is 1. The number of amides is 1. The molecule has 2 aromatic rings. The number of benzene rings is 1. The van der Waals surface area contributed by atoms with E-state index >= 15 is 0 Å². The van der Waals surface area contributed by atoms with Gasteiger partial charge in [0.25, 0.3) is 5.91 Å². The number of rotatable bonds is 4. The van der Waals surface area contributed by atoms with E-state index in [9.17, 15) is 25.2 Å². The first-order valence-corrected chi connectivity index (χ1v) is 9.03. The van der Waals surface area contributed by atoms with Crippen molar-refractivity contribution in [2.75, 3.05) is 13.2 Å². The van der Waals surface area contributed by atoms with Crippen molar-refractivity contribution in [3.05, 3.63) is 29.5 Å². The Morgan fingerprint density at radius 2 is 2.07 bits per heavy atom. The van der Waals surface area contributed by atoms with Crippen molar-refractivity contribution in [1.29, 1.82) is 0 Å². The molecule has 6 N–H and O–H groups in total.